The van der Waals surface area contributed by atoms with Crippen LogP contribution in [0, 0.1) is 12.8 Å². The predicted molar refractivity (Wildman–Crippen MR) is 91.1 cm³/mol. The van der Waals surface area contributed by atoms with Gasteiger partial charge in [-0.15, -0.1) is 10.2 Å². The molecule has 3 rings (SSSR count). The maximum Gasteiger partial charge on any atom is 0.217 e. The summed E-state index contributed by atoms with van der Waals surface area (Å²) in [4.78, 5) is 18.3. The number of guanidine groups is 1. The molecule has 24 heavy (non-hydrogen) atoms. The van der Waals surface area contributed by atoms with Crippen LogP contribution in [0.2, 0.25) is 0 Å². The molecule has 2 fully saturated rings. The standard InChI is InChI=1S/C16H27N7O/c1-11-20-21-15(22(11)2)9-18-16(19-13-5-6-13)23-7-3-4-12(10-23)8-14(17)24/h12-13H,3-10H2,1-2H3,(H2,17,24)(H,18,19). The highest BCUT2D eigenvalue weighted by Crippen LogP contribution is 2.22. The minimum absolute atomic E-state index is 0.218. The lowest BCUT2D eigenvalue weighted by molar-refractivity contribution is -0.119. The molecule has 0 radical (unpaired) electrons. The molecule has 1 aromatic heterocycles. The highest BCUT2D eigenvalue weighted by molar-refractivity contribution is 5.81. The van der Waals surface area contributed by atoms with Gasteiger partial charge in [-0.05, 0) is 38.5 Å². The van der Waals surface area contributed by atoms with Crippen molar-refractivity contribution in [1.29, 1.82) is 0 Å². The van der Waals surface area contributed by atoms with Gasteiger partial charge in [-0.3, -0.25) is 4.79 Å². The maximum atomic E-state index is 11.2. The van der Waals surface area contributed by atoms with Crippen molar-refractivity contribution in [2.24, 2.45) is 23.7 Å². The third-order valence-electron chi connectivity index (χ3n) is 4.77. The average molecular weight is 333 g/mol. The Morgan fingerprint density at radius 1 is 1.38 bits per heavy atom. The van der Waals surface area contributed by atoms with Crippen LogP contribution in [0.15, 0.2) is 4.99 Å². The van der Waals surface area contributed by atoms with Crippen LogP contribution in [0.5, 0.6) is 0 Å². The number of aryl methyl sites for hydroxylation is 1. The fourth-order valence-electron chi connectivity index (χ4n) is 3.09. The largest absolute Gasteiger partial charge is 0.370 e. The fraction of sp³-hybridized carbons (Fsp3) is 0.750. The van der Waals surface area contributed by atoms with Gasteiger partial charge in [-0.2, -0.15) is 0 Å². The van der Waals surface area contributed by atoms with Crippen molar-refractivity contribution in [3.05, 3.63) is 11.6 Å². The lowest BCUT2D eigenvalue weighted by Crippen LogP contribution is -2.47. The molecule has 0 spiro atoms. The smallest absolute Gasteiger partial charge is 0.217 e. The molecule has 1 aliphatic carbocycles. The second kappa shape index (κ2) is 7.19. The molecule has 2 heterocycles. The lowest BCUT2D eigenvalue weighted by atomic mass is 9.95. The van der Waals surface area contributed by atoms with E-state index in [1.54, 1.807) is 0 Å². The normalized spacial score (nSPS) is 21.8. The van der Waals surface area contributed by atoms with Crippen LogP contribution < -0.4 is 11.1 Å². The Kier molecular flexibility index (Phi) is 5.01. The van der Waals surface area contributed by atoms with Gasteiger partial charge in [0.25, 0.3) is 0 Å². The van der Waals surface area contributed by atoms with E-state index in [-0.39, 0.29) is 5.91 Å². The highest BCUT2D eigenvalue weighted by Gasteiger charge is 2.28. The minimum Gasteiger partial charge on any atom is -0.370 e. The van der Waals surface area contributed by atoms with Crippen molar-refractivity contribution in [2.75, 3.05) is 13.1 Å². The number of rotatable bonds is 5. The molecule has 2 aliphatic rings. The lowest BCUT2D eigenvalue weighted by Gasteiger charge is -2.34. The third kappa shape index (κ3) is 4.24. The number of carbonyl (C=O) groups is 1. The molecular weight excluding hydrogens is 306 g/mol. The van der Waals surface area contributed by atoms with E-state index in [0.717, 1.165) is 43.5 Å². The predicted octanol–water partition coefficient (Wildman–Crippen LogP) is 0.319. The minimum atomic E-state index is -0.218. The van der Waals surface area contributed by atoms with Gasteiger partial charge in [0.1, 0.15) is 12.4 Å². The number of aliphatic imine (C=N–C) groups is 1. The topological polar surface area (TPSA) is 101 Å². The van der Waals surface area contributed by atoms with E-state index in [0.29, 0.717) is 24.9 Å². The Morgan fingerprint density at radius 3 is 2.79 bits per heavy atom. The summed E-state index contributed by atoms with van der Waals surface area (Å²) < 4.78 is 1.96. The van der Waals surface area contributed by atoms with Crippen molar-refractivity contribution in [3.63, 3.8) is 0 Å². The number of carbonyl (C=O) groups excluding carboxylic acids is 1. The van der Waals surface area contributed by atoms with E-state index in [9.17, 15) is 4.79 Å². The molecular formula is C16H27N7O. The number of primary amides is 1. The second-order valence-electron chi connectivity index (χ2n) is 6.91. The number of aromatic nitrogens is 3. The van der Waals surface area contributed by atoms with Crippen LogP contribution in [0.25, 0.3) is 0 Å². The number of nitrogens with two attached hydrogens (primary N) is 1. The first-order chi connectivity index (χ1) is 11.5. The SMILES string of the molecule is Cc1nnc(CN=C(NC2CC2)N2CCCC(CC(N)=O)C2)n1C. The van der Waals surface area contributed by atoms with Gasteiger partial charge in [-0.1, -0.05) is 0 Å². The molecule has 0 aromatic carbocycles. The molecule has 1 unspecified atom stereocenters. The maximum absolute atomic E-state index is 11.2. The van der Waals surface area contributed by atoms with Crippen LogP contribution in [-0.4, -0.2) is 50.7 Å². The van der Waals surface area contributed by atoms with Crippen LogP contribution >= 0.6 is 0 Å². The van der Waals surface area contributed by atoms with Crippen molar-refractivity contribution in [1.82, 2.24) is 25.0 Å². The van der Waals surface area contributed by atoms with E-state index in [1.165, 1.54) is 12.8 Å². The molecule has 1 atom stereocenters. The van der Waals surface area contributed by atoms with Crippen LogP contribution in [-0.2, 0) is 18.4 Å². The first-order valence-corrected chi connectivity index (χ1v) is 8.72. The summed E-state index contributed by atoms with van der Waals surface area (Å²) in [5.74, 6) is 2.77. The van der Waals surface area contributed by atoms with Crippen LogP contribution in [0.1, 0.15) is 43.8 Å². The summed E-state index contributed by atoms with van der Waals surface area (Å²) >= 11 is 0. The Morgan fingerprint density at radius 2 is 2.17 bits per heavy atom. The number of nitrogens with one attached hydrogen (secondary N) is 1. The summed E-state index contributed by atoms with van der Waals surface area (Å²) in [6, 6.07) is 0.529. The first-order valence-electron chi connectivity index (χ1n) is 8.72. The van der Waals surface area contributed by atoms with E-state index in [1.807, 2.05) is 18.5 Å². The van der Waals surface area contributed by atoms with E-state index >= 15 is 0 Å². The van der Waals surface area contributed by atoms with Gasteiger partial charge in [0.05, 0.1) is 0 Å². The number of amides is 1. The Hall–Kier alpha value is -2.12. The third-order valence-corrected chi connectivity index (χ3v) is 4.77. The van der Waals surface area contributed by atoms with Crippen LogP contribution in [0.4, 0.5) is 0 Å². The summed E-state index contributed by atoms with van der Waals surface area (Å²) in [5, 5.41) is 11.8. The van der Waals surface area contributed by atoms with E-state index < -0.39 is 0 Å². The van der Waals surface area contributed by atoms with Crippen molar-refractivity contribution in [3.8, 4) is 0 Å². The van der Waals surface area contributed by atoms with Gasteiger partial charge in [0.15, 0.2) is 11.8 Å². The van der Waals surface area contributed by atoms with Gasteiger partial charge in [0, 0.05) is 32.6 Å². The van der Waals surface area contributed by atoms with Crippen molar-refractivity contribution < 1.29 is 4.79 Å². The number of nitrogens with zero attached hydrogens (tertiary/aromatic N) is 5. The number of hydrogen-bond donors (Lipinski definition) is 2. The molecule has 1 saturated heterocycles. The summed E-state index contributed by atoms with van der Waals surface area (Å²) in [6.45, 7) is 4.23. The molecule has 3 N–H and O–H groups in total. The van der Waals surface area contributed by atoms with Gasteiger partial charge in [0.2, 0.25) is 5.91 Å². The Labute approximate surface area is 142 Å². The summed E-state index contributed by atoms with van der Waals surface area (Å²) in [5.41, 5.74) is 5.37. The molecule has 1 aliphatic heterocycles. The van der Waals surface area contributed by atoms with Gasteiger partial charge in [-0.25, -0.2) is 4.99 Å². The Bertz CT molecular complexity index is 620. The second-order valence-corrected chi connectivity index (χ2v) is 6.91. The summed E-state index contributed by atoms with van der Waals surface area (Å²) in [7, 11) is 1.96. The van der Waals surface area contributed by atoms with E-state index in [2.05, 4.69) is 20.4 Å². The zero-order valence-electron chi connectivity index (χ0n) is 14.5. The zero-order chi connectivity index (χ0) is 17.1. The molecule has 1 amide bonds. The van der Waals surface area contributed by atoms with Crippen molar-refractivity contribution in [2.45, 2.75) is 51.6 Å². The quantitative estimate of drug-likeness (QED) is 0.597. The van der Waals surface area contributed by atoms with E-state index in [4.69, 9.17) is 10.7 Å². The van der Waals surface area contributed by atoms with Crippen LogP contribution in [0.3, 0.4) is 0 Å². The number of likely N-dealkylation sites (tertiary alicyclic amines) is 1. The zero-order valence-corrected chi connectivity index (χ0v) is 14.5. The number of piperidine rings is 1. The number of hydrogen-bond acceptors (Lipinski definition) is 4. The molecule has 132 valence electrons. The first kappa shape index (κ1) is 16.7. The van der Waals surface area contributed by atoms with Gasteiger partial charge < -0.3 is 20.5 Å². The molecule has 8 nitrogen and oxygen atoms in total. The average Bonchev–Trinajstić information content (AvgIpc) is 3.31. The molecule has 1 aromatic rings. The Balaban J connectivity index is 1.69. The fourth-order valence-corrected chi connectivity index (χ4v) is 3.09. The summed E-state index contributed by atoms with van der Waals surface area (Å²) in [6.07, 6.45) is 4.96. The molecule has 1 saturated carbocycles. The van der Waals surface area contributed by atoms with Gasteiger partial charge >= 0.3 is 0 Å². The highest BCUT2D eigenvalue weighted by atomic mass is 16.1. The molecule has 8 heteroatoms. The van der Waals surface area contributed by atoms with Crippen molar-refractivity contribution >= 4 is 11.9 Å². The molecule has 0 bridgehead atoms. The monoisotopic (exact) mass is 333 g/mol.